The van der Waals surface area contributed by atoms with Crippen molar-refractivity contribution in [2.75, 3.05) is 12.9 Å². The number of hydrogen-bond donors (Lipinski definition) is 0. The van der Waals surface area contributed by atoms with Crippen LogP contribution in [0.15, 0.2) is 66.3 Å². The fourth-order valence-electron chi connectivity index (χ4n) is 2.65. The van der Waals surface area contributed by atoms with Crippen LogP contribution in [0.4, 0.5) is 5.69 Å². The molecule has 1 heterocycles. The van der Waals surface area contributed by atoms with Gasteiger partial charge in [0.1, 0.15) is 5.75 Å². The largest absolute Gasteiger partial charge is 0.497 e. The van der Waals surface area contributed by atoms with Crippen molar-refractivity contribution in [2.45, 2.75) is 11.7 Å². The number of nitro benzene ring substituents is 1. The third kappa shape index (κ3) is 4.69. The zero-order valence-corrected chi connectivity index (χ0v) is 16.5. The smallest absolute Gasteiger partial charge is 0.270 e. The molecule has 0 bridgehead atoms. The SMILES string of the molecule is C=CCn1c(SCC(=O)c2cccc([N+](=O)[O-])c2)nnc1-c1ccc(OC)cc1. The molecular weight excluding hydrogens is 392 g/mol. The summed E-state index contributed by atoms with van der Waals surface area (Å²) < 4.78 is 7.04. The number of thioether (sulfide) groups is 1. The van der Waals surface area contributed by atoms with Crippen LogP contribution in [0, 0.1) is 10.1 Å². The van der Waals surface area contributed by atoms with E-state index in [4.69, 9.17) is 4.74 Å². The summed E-state index contributed by atoms with van der Waals surface area (Å²) in [4.78, 5) is 22.9. The van der Waals surface area contributed by atoms with Crippen LogP contribution < -0.4 is 4.74 Å². The maximum atomic E-state index is 12.5. The number of benzene rings is 2. The van der Waals surface area contributed by atoms with Crippen LogP contribution in [0.2, 0.25) is 0 Å². The van der Waals surface area contributed by atoms with Gasteiger partial charge in [0.15, 0.2) is 16.8 Å². The third-order valence-electron chi connectivity index (χ3n) is 4.09. The van der Waals surface area contributed by atoms with Crippen molar-refractivity contribution in [2.24, 2.45) is 0 Å². The lowest BCUT2D eigenvalue weighted by Gasteiger charge is -2.08. The molecule has 9 heteroatoms. The van der Waals surface area contributed by atoms with Crippen LogP contribution in [0.3, 0.4) is 0 Å². The molecule has 148 valence electrons. The summed E-state index contributed by atoms with van der Waals surface area (Å²) in [6.45, 7) is 4.25. The summed E-state index contributed by atoms with van der Waals surface area (Å²) in [6, 6.07) is 13.1. The highest BCUT2D eigenvalue weighted by atomic mass is 32.2. The maximum absolute atomic E-state index is 12.5. The molecule has 3 rings (SSSR count). The van der Waals surface area contributed by atoms with Gasteiger partial charge in [-0.2, -0.15) is 0 Å². The van der Waals surface area contributed by atoms with Gasteiger partial charge < -0.3 is 4.74 Å². The van der Waals surface area contributed by atoms with Gasteiger partial charge in [0.25, 0.3) is 5.69 Å². The minimum absolute atomic E-state index is 0.0824. The molecule has 8 nitrogen and oxygen atoms in total. The summed E-state index contributed by atoms with van der Waals surface area (Å²) in [5, 5.41) is 19.9. The molecule has 0 aliphatic carbocycles. The van der Waals surface area contributed by atoms with Gasteiger partial charge in [-0.05, 0) is 24.3 Å². The van der Waals surface area contributed by atoms with E-state index in [1.165, 1.54) is 30.0 Å². The number of carbonyl (C=O) groups excluding carboxylic acids is 1. The molecule has 1 aromatic heterocycles. The van der Waals surface area contributed by atoms with Crippen LogP contribution >= 0.6 is 11.8 Å². The molecule has 0 unspecified atom stereocenters. The van der Waals surface area contributed by atoms with Crippen LogP contribution in [-0.4, -0.2) is 38.3 Å². The van der Waals surface area contributed by atoms with Gasteiger partial charge >= 0.3 is 0 Å². The highest BCUT2D eigenvalue weighted by Crippen LogP contribution is 2.26. The molecule has 29 heavy (non-hydrogen) atoms. The summed E-state index contributed by atoms with van der Waals surface area (Å²) in [5.74, 6) is 1.25. The summed E-state index contributed by atoms with van der Waals surface area (Å²) in [6.07, 6.45) is 1.73. The number of aromatic nitrogens is 3. The number of carbonyl (C=O) groups is 1. The van der Waals surface area contributed by atoms with Crippen molar-refractivity contribution in [3.63, 3.8) is 0 Å². The zero-order chi connectivity index (χ0) is 20.8. The van der Waals surface area contributed by atoms with Crippen LogP contribution in [0.5, 0.6) is 5.75 Å². The second-order valence-corrected chi connectivity index (χ2v) is 6.90. The Balaban J connectivity index is 1.79. The topological polar surface area (TPSA) is 100 Å². The van der Waals surface area contributed by atoms with E-state index in [9.17, 15) is 14.9 Å². The molecule has 2 aromatic carbocycles. The quantitative estimate of drug-likeness (QED) is 0.173. The zero-order valence-electron chi connectivity index (χ0n) is 15.6. The van der Waals surface area contributed by atoms with Gasteiger partial charge in [-0.25, -0.2) is 0 Å². The lowest BCUT2D eigenvalue weighted by Crippen LogP contribution is -2.06. The normalized spacial score (nSPS) is 10.5. The Labute approximate surface area is 171 Å². The molecule has 3 aromatic rings. The first-order chi connectivity index (χ1) is 14.0. The molecule has 0 N–H and O–H groups in total. The van der Waals surface area contributed by atoms with Gasteiger partial charge in [-0.15, -0.1) is 16.8 Å². The number of rotatable bonds is 9. The minimum atomic E-state index is -0.522. The molecule has 0 fully saturated rings. The number of non-ortho nitro benzene ring substituents is 1. The Morgan fingerprint density at radius 3 is 2.69 bits per heavy atom. The number of hydrogen-bond acceptors (Lipinski definition) is 7. The Bertz CT molecular complexity index is 1050. The van der Waals surface area contributed by atoms with Crippen molar-refractivity contribution < 1.29 is 14.5 Å². The highest BCUT2D eigenvalue weighted by molar-refractivity contribution is 7.99. The second-order valence-electron chi connectivity index (χ2n) is 5.95. The average molecular weight is 410 g/mol. The van der Waals surface area contributed by atoms with Crippen molar-refractivity contribution in [1.29, 1.82) is 0 Å². The number of methoxy groups -OCH3 is 1. The first-order valence-corrected chi connectivity index (χ1v) is 9.61. The lowest BCUT2D eigenvalue weighted by molar-refractivity contribution is -0.384. The van der Waals surface area contributed by atoms with Gasteiger partial charge in [0.05, 0.1) is 17.8 Å². The van der Waals surface area contributed by atoms with E-state index in [2.05, 4.69) is 16.8 Å². The molecule has 0 saturated carbocycles. The van der Waals surface area contributed by atoms with Crippen LogP contribution in [-0.2, 0) is 6.54 Å². The molecule has 0 saturated heterocycles. The number of nitrogens with zero attached hydrogens (tertiary/aromatic N) is 4. The molecule has 0 spiro atoms. The average Bonchev–Trinajstić information content (AvgIpc) is 3.15. The summed E-state index contributed by atoms with van der Waals surface area (Å²) in [5.41, 5.74) is 1.03. The molecule has 0 amide bonds. The second kappa shape index (κ2) is 9.16. The third-order valence-corrected chi connectivity index (χ3v) is 5.05. The molecular formula is C20H18N4O4S. The number of nitro groups is 1. The van der Waals surface area contributed by atoms with E-state index in [0.29, 0.717) is 17.5 Å². The monoisotopic (exact) mass is 410 g/mol. The van der Waals surface area contributed by atoms with Gasteiger partial charge in [0.2, 0.25) is 0 Å². The van der Waals surface area contributed by atoms with E-state index in [0.717, 1.165) is 11.3 Å². The van der Waals surface area contributed by atoms with Crippen LogP contribution in [0.25, 0.3) is 11.4 Å². The van der Waals surface area contributed by atoms with Gasteiger partial charge in [0, 0.05) is 29.8 Å². The van der Waals surface area contributed by atoms with E-state index < -0.39 is 4.92 Å². The number of Topliss-reactive ketones (excluding diaryl/α,β-unsaturated/α-hetero) is 1. The number of allylic oxidation sites excluding steroid dienone is 1. The fourth-order valence-corrected chi connectivity index (χ4v) is 3.49. The first kappa shape index (κ1) is 20.3. The van der Waals surface area contributed by atoms with E-state index in [1.807, 2.05) is 28.8 Å². The van der Waals surface area contributed by atoms with E-state index >= 15 is 0 Å². The molecule has 0 radical (unpaired) electrons. The first-order valence-electron chi connectivity index (χ1n) is 8.62. The Morgan fingerprint density at radius 1 is 1.28 bits per heavy atom. The van der Waals surface area contributed by atoms with Gasteiger partial charge in [-0.1, -0.05) is 30.0 Å². The van der Waals surface area contributed by atoms with Crippen molar-refractivity contribution in [1.82, 2.24) is 14.8 Å². The summed E-state index contributed by atoms with van der Waals surface area (Å²) >= 11 is 1.22. The summed E-state index contributed by atoms with van der Waals surface area (Å²) in [7, 11) is 1.60. The lowest BCUT2D eigenvalue weighted by atomic mass is 10.1. The van der Waals surface area contributed by atoms with Crippen molar-refractivity contribution in [3.05, 3.63) is 76.9 Å². The van der Waals surface area contributed by atoms with E-state index in [-0.39, 0.29) is 22.8 Å². The standard InChI is InChI=1S/C20H18N4O4S/c1-3-11-23-19(14-7-9-17(28-2)10-8-14)21-22-20(23)29-13-18(25)15-5-4-6-16(12-15)24(26)27/h3-10,12H,1,11,13H2,2H3. The Kier molecular flexibility index (Phi) is 6.40. The predicted molar refractivity (Wildman–Crippen MR) is 110 cm³/mol. The van der Waals surface area contributed by atoms with Crippen molar-refractivity contribution >= 4 is 23.2 Å². The molecule has 0 aliphatic rings. The Hall–Kier alpha value is -3.46. The molecule has 0 aliphatic heterocycles. The van der Waals surface area contributed by atoms with E-state index in [1.54, 1.807) is 19.3 Å². The van der Waals surface area contributed by atoms with Gasteiger partial charge in [-0.3, -0.25) is 19.5 Å². The number of ether oxygens (including phenoxy) is 1. The van der Waals surface area contributed by atoms with Crippen LogP contribution in [0.1, 0.15) is 10.4 Å². The fraction of sp³-hybridized carbons (Fsp3) is 0.150. The van der Waals surface area contributed by atoms with Crippen molar-refractivity contribution in [3.8, 4) is 17.1 Å². The maximum Gasteiger partial charge on any atom is 0.270 e. The minimum Gasteiger partial charge on any atom is -0.497 e. The molecule has 0 atom stereocenters. The highest BCUT2D eigenvalue weighted by Gasteiger charge is 2.17. The number of ketones is 1. The predicted octanol–water partition coefficient (Wildman–Crippen LogP) is 4.02. The Morgan fingerprint density at radius 2 is 2.03 bits per heavy atom.